The quantitative estimate of drug-likeness (QED) is 0.687. The molecule has 1 unspecified atom stereocenters. The highest BCUT2D eigenvalue weighted by molar-refractivity contribution is 6.08. The molecule has 1 atom stereocenters. The van der Waals surface area contributed by atoms with Gasteiger partial charge in [0.1, 0.15) is 23.1 Å². The van der Waals surface area contributed by atoms with E-state index in [0.29, 0.717) is 17.4 Å². The number of aromatic nitrogens is 4. The molecule has 0 spiro atoms. The topological polar surface area (TPSA) is 111 Å². The van der Waals surface area contributed by atoms with Gasteiger partial charge in [0.15, 0.2) is 17.3 Å². The van der Waals surface area contributed by atoms with Crippen molar-refractivity contribution >= 4 is 23.1 Å². The van der Waals surface area contributed by atoms with Crippen LogP contribution in [0.3, 0.4) is 0 Å². The SMILES string of the molecule is Nc1nc2c(C(=O)Nc3cnccc3OC3CN4CCC3CC4)cnn2cc1F. The van der Waals surface area contributed by atoms with Gasteiger partial charge >= 0.3 is 0 Å². The van der Waals surface area contributed by atoms with E-state index in [2.05, 4.69) is 25.3 Å². The first-order valence-electron chi connectivity index (χ1n) is 9.52. The zero-order valence-electron chi connectivity index (χ0n) is 15.6. The van der Waals surface area contributed by atoms with Crippen LogP contribution in [0.15, 0.2) is 30.9 Å². The van der Waals surface area contributed by atoms with Crippen LogP contribution in [0.25, 0.3) is 5.65 Å². The molecule has 0 radical (unpaired) electrons. The maximum absolute atomic E-state index is 13.6. The summed E-state index contributed by atoms with van der Waals surface area (Å²) >= 11 is 0. The second-order valence-corrected chi connectivity index (χ2v) is 7.42. The maximum Gasteiger partial charge on any atom is 0.261 e. The lowest BCUT2D eigenvalue weighted by Crippen LogP contribution is -2.52. The molecule has 0 saturated carbocycles. The molecular formula is C19H20FN7O2. The van der Waals surface area contributed by atoms with Crippen LogP contribution in [0, 0.1) is 11.7 Å². The van der Waals surface area contributed by atoms with Crippen LogP contribution in [0.2, 0.25) is 0 Å². The number of piperidine rings is 3. The molecule has 10 heteroatoms. The van der Waals surface area contributed by atoms with Crippen molar-refractivity contribution in [1.29, 1.82) is 0 Å². The first kappa shape index (κ1) is 17.8. The van der Waals surface area contributed by atoms with Crippen LogP contribution < -0.4 is 15.8 Å². The molecule has 3 aliphatic rings. The monoisotopic (exact) mass is 397 g/mol. The molecule has 9 nitrogen and oxygen atoms in total. The summed E-state index contributed by atoms with van der Waals surface area (Å²) in [6, 6.07) is 1.74. The minimum Gasteiger partial charge on any atom is -0.487 e. The Hall–Kier alpha value is -3.27. The van der Waals surface area contributed by atoms with Crippen molar-refractivity contribution in [3.05, 3.63) is 42.2 Å². The summed E-state index contributed by atoms with van der Waals surface area (Å²) in [7, 11) is 0. The van der Waals surface area contributed by atoms with Crippen molar-refractivity contribution in [2.24, 2.45) is 5.92 Å². The molecule has 3 fully saturated rings. The summed E-state index contributed by atoms with van der Waals surface area (Å²) < 4.78 is 21.0. The number of pyridine rings is 1. The lowest BCUT2D eigenvalue weighted by molar-refractivity contribution is -0.00745. The Morgan fingerprint density at radius 2 is 2.14 bits per heavy atom. The van der Waals surface area contributed by atoms with E-state index in [4.69, 9.17) is 10.5 Å². The van der Waals surface area contributed by atoms with E-state index < -0.39 is 11.7 Å². The summed E-state index contributed by atoms with van der Waals surface area (Å²) in [5, 5.41) is 6.78. The number of nitrogens with two attached hydrogens (primary N) is 1. The van der Waals surface area contributed by atoms with Crippen molar-refractivity contribution < 1.29 is 13.9 Å². The highest BCUT2D eigenvalue weighted by atomic mass is 19.1. The molecule has 3 aromatic heterocycles. The fourth-order valence-corrected chi connectivity index (χ4v) is 4.04. The summed E-state index contributed by atoms with van der Waals surface area (Å²) in [4.78, 5) is 23.3. The number of nitrogens with zero attached hydrogens (tertiary/aromatic N) is 5. The largest absolute Gasteiger partial charge is 0.487 e. The lowest BCUT2D eigenvalue weighted by Gasteiger charge is -2.44. The van der Waals surface area contributed by atoms with Gasteiger partial charge < -0.3 is 15.8 Å². The maximum atomic E-state index is 13.6. The third-order valence-electron chi connectivity index (χ3n) is 5.62. The average molecular weight is 397 g/mol. The van der Waals surface area contributed by atoms with Crippen molar-refractivity contribution in [1.82, 2.24) is 24.5 Å². The highest BCUT2D eigenvalue weighted by Crippen LogP contribution is 2.33. The van der Waals surface area contributed by atoms with Crippen LogP contribution >= 0.6 is 0 Å². The van der Waals surface area contributed by atoms with Gasteiger partial charge in [0.05, 0.1) is 18.6 Å². The molecule has 6 rings (SSSR count). The molecule has 0 aromatic carbocycles. The number of rotatable bonds is 4. The van der Waals surface area contributed by atoms with Gasteiger partial charge in [-0.1, -0.05) is 0 Å². The van der Waals surface area contributed by atoms with E-state index in [1.54, 1.807) is 18.5 Å². The summed E-state index contributed by atoms with van der Waals surface area (Å²) in [5.74, 6) is -0.349. The molecule has 3 aromatic rings. The predicted molar refractivity (Wildman–Crippen MR) is 103 cm³/mol. The number of nitrogens with one attached hydrogen (secondary N) is 1. The number of carbonyl (C=O) groups is 1. The van der Waals surface area contributed by atoms with E-state index in [1.165, 1.54) is 10.7 Å². The molecule has 150 valence electrons. The number of amides is 1. The van der Waals surface area contributed by atoms with Gasteiger partial charge in [-0.3, -0.25) is 14.7 Å². The van der Waals surface area contributed by atoms with E-state index >= 15 is 0 Å². The number of fused-ring (bicyclic) bond motifs is 4. The number of anilines is 2. The lowest BCUT2D eigenvalue weighted by atomic mass is 9.86. The van der Waals surface area contributed by atoms with Crippen molar-refractivity contribution in [3.63, 3.8) is 0 Å². The second-order valence-electron chi connectivity index (χ2n) is 7.42. The molecule has 3 aliphatic heterocycles. The second kappa shape index (κ2) is 6.96. The standard InChI is InChI=1S/C19H20FN7O2/c20-13-9-27-18(25-17(13)21)12(7-23-27)19(28)24-14-8-22-4-1-15(14)29-16-10-26-5-2-11(16)3-6-26/h1,4,7-9,11,16H,2-3,5-6,10H2,(H2,21,25)(H,24,28). The summed E-state index contributed by atoms with van der Waals surface area (Å²) in [5.41, 5.74) is 6.34. The third-order valence-corrected chi connectivity index (χ3v) is 5.62. The summed E-state index contributed by atoms with van der Waals surface area (Å²) in [6.07, 6.45) is 7.93. The molecule has 1 amide bonds. The smallest absolute Gasteiger partial charge is 0.261 e. The van der Waals surface area contributed by atoms with Gasteiger partial charge in [0.25, 0.3) is 5.91 Å². The molecule has 6 heterocycles. The number of carbonyl (C=O) groups excluding carboxylic acids is 1. The van der Waals surface area contributed by atoms with Gasteiger partial charge in [-0.05, 0) is 31.8 Å². The van der Waals surface area contributed by atoms with Crippen LogP contribution in [-0.4, -0.2) is 56.1 Å². The van der Waals surface area contributed by atoms with Crippen molar-refractivity contribution in [2.45, 2.75) is 18.9 Å². The van der Waals surface area contributed by atoms with Crippen molar-refractivity contribution in [2.75, 3.05) is 30.7 Å². The number of hydrogen-bond donors (Lipinski definition) is 2. The molecular weight excluding hydrogens is 377 g/mol. The third kappa shape index (κ3) is 3.25. The normalized spacial score (nSPS) is 23.3. The fourth-order valence-electron chi connectivity index (χ4n) is 4.04. The van der Waals surface area contributed by atoms with Crippen LogP contribution in [-0.2, 0) is 0 Å². The fraction of sp³-hybridized carbons (Fsp3) is 0.368. The zero-order valence-corrected chi connectivity index (χ0v) is 15.6. The van der Waals surface area contributed by atoms with Gasteiger partial charge in [0, 0.05) is 18.8 Å². The molecule has 3 N–H and O–H groups in total. The Kier molecular flexibility index (Phi) is 4.27. The van der Waals surface area contributed by atoms with Crippen LogP contribution in [0.1, 0.15) is 23.2 Å². The van der Waals surface area contributed by atoms with Crippen molar-refractivity contribution in [3.8, 4) is 5.75 Å². The van der Waals surface area contributed by atoms with Gasteiger partial charge in [-0.15, -0.1) is 0 Å². The predicted octanol–water partition coefficient (Wildman–Crippen LogP) is 1.57. The number of ether oxygens (including phenoxy) is 1. The van der Waals surface area contributed by atoms with Gasteiger partial charge in [-0.25, -0.2) is 13.9 Å². The Balaban J connectivity index is 1.38. The number of halogens is 1. The Morgan fingerprint density at radius 1 is 1.31 bits per heavy atom. The van der Waals surface area contributed by atoms with Gasteiger partial charge in [0.2, 0.25) is 0 Å². The zero-order chi connectivity index (χ0) is 20.0. The first-order valence-corrected chi connectivity index (χ1v) is 9.52. The average Bonchev–Trinajstić information content (AvgIpc) is 3.13. The Morgan fingerprint density at radius 3 is 2.90 bits per heavy atom. The van der Waals surface area contributed by atoms with Crippen LogP contribution in [0.5, 0.6) is 5.75 Å². The van der Waals surface area contributed by atoms with E-state index in [-0.39, 0.29) is 23.1 Å². The van der Waals surface area contributed by atoms with E-state index in [1.807, 2.05) is 0 Å². The molecule has 29 heavy (non-hydrogen) atoms. The minimum atomic E-state index is -0.701. The Labute approximate surface area is 165 Å². The first-order chi connectivity index (χ1) is 14.1. The molecule has 3 saturated heterocycles. The highest BCUT2D eigenvalue weighted by Gasteiger charge is 2.36. The van der Waals surface area contributed by atoms with Gasteiger partial charge in [-0.2, -0.15) is 5.10 Å². The summed E-state index contributed by atoms with van der Waals surface area (Å²) in [6.45, 7) is 3.13. The Bertz CT molecular complexity index is 1080. The minimum absolute atomic E-state index is 0.0944. The molecule has 0 aliphatic carbocycles. The van der Waals surface area contributed by atoms with Crippen LogP contribution in [0.4, 0.5) is 15.9 Å². The van der Waals surface area contributed by atoms with E-state index in [0.717, 1.165) is 38.7 Å². The van der Waals surface area contributed by atoms with E-state index in [9.17, 15) is 9.18 Å². The number of hydrogen-bond acceptors (Lipinski definition) is 7. The number of nitrogen functional groups attached to an aromatic ring is 1. The molecule has 2 bridgehead atoms.